The van der Waals surface area contributed by atoms with Crippen molar-refractivity contribution in [1.29, 1.82) is 0 Å². The van der Waals surface area contributed by atoms with Gasteiger partial charge in [-0.05, 0) is 54.1 Å². The van der Waals surface area contributed by atoms with Crippen molar-refractivity contribution in [1.82, 2.24) is 19.9 Å². The van der Waals surface area contributed by atoms with Crippen LogP contribution in [0, 0.1) is 5.82 Å². The van der Waals surface area contributed by atoms with Crippen LogP contribution in [-0.4, -0.2) is 52.1 Å². The van der Waals surface area contributed by atoms with E-state index in [1.807, 2.05) is 42.5 Å². The predicted octanol–water partition coefficient (Wildman–Crippen LogP) is 5.20. The van der Waals surface area contributed by atoms with Gasteiger partial charge in [-0.2, -0.15) is 0 Å². The molecule has 3 aromatic carbocycles. The minimum absolute atomic E-state index is 0.182. The highest BCUT2D eigenvalue weighted by atomic mass is 19.1. The van der Waals surface area contributed by atoms with Crippen LogP contribution in [0.15, 0.2) is 79.4 Å². The molecule has 3 heterocycles. The van der Waals surface area contributed by atoms with Gasteiger partial charge >= 0.3 is 0 Å². The van der Waals surface area contributed by atoms with Gasteiger partial charge in [-0.15, -0.1) is 0 Å². The first-order valence-corrected chi connectivity index (χ1v) is 11.7. The molecule has 2 aromatic heterocycles. The maximum atomic E-state index is 15.2. The molecular weight excluding hydrogens is 457 g/mol. The number of fused-ring (bicyclic) bond motifs is 2. The van der Waals surface area contributed by atoms with Crippen LogP contribution in [0.5, 0.6) is 0 Å². The zero-order valence-corrected chi connectivity index (χ0v) is 19.3. The summed E-state index contributed by atoms with van der Waals surface area (Å²) in [7, 11) is 0. The Balaban J connectivity index is 1.33. The Bertz CT molecular complexity index is 1600. The van der Waals surface area contributed by atoms with Crippen molar-refractivity contribution in [2.75, 3.05) is 31.6 Å². The van der Waals surface area contributed by atoms with Gasteiger partial charge in [0.1, 0.15) is 12.1 Å². The SMILES string of the molecule is O=C(c1ccc(-c2ccc3nccc(Nc4ccc5ncncc5c4)c3c2)c(F)c1)N1CCOCC1. The zero-order valence-electron chi connectivity index (χ0n) is 19.3. The highest BCUT2D eigenvalue weighted by molar-refractivity contribution is 5.97. The van der Waals surface area contributed by atoms with Crippen LogP contribution in [0.2, 0.25) is 0 Å². The second kappa shape index (κ2) is 9.31. The summed E-state index contributed by atoms with van der Waals surface area (Å²) >= 11 is 0. The number of morpholine rings is 1. The molecule has 0 spiro atoms. The average Bonchev–Trinajstić information content (AvgIpc) is 2.93. The third-order valence-electron chi connectivity index (χ3n) is 6.35. The molecule has 8 heteroatoms. The Morgan fingerprint density at radius 2 is 1.81 bits per heavy atom. The van der Waals surface area contributed by atoms with E-state index in [0.29, 0.717) is 43.0 Å². The Labute approximate surface area is 206 Å². The highest BCUT2D eigenvalue weighted by Gasteiger charge is 2.20. The topological polar surface area (TPSA) is 80.2 Å². The summed E-state index contributed by atoms with van der Waals surface area (Å²) in [5.41, 5.74) is 4.84. The molecule has 1 aliphatic rings. The molecule has 0 saturated carbocycles. The van der Waals surface area contributed by atoms with Crippen molar-refractivity contribution >= 4 is 39.1 Å². The van der Waals surface area contributed by atoms with Crippen LogP contribution in [0.4, 0.5) is 15.8 Å². The van der Waals surface area contributed by atoms with Gasteiger partial charge in [-0.1, -0.05) is 12.1 Å². The maximum absolute atomic E-state index is 15.2. The molecule has 1 N–H and O–H groups in total. The van der Waals surface area contributed by atoms with Crippen LogP contribution in [0.1, 0.15) is 10.4 Å². The molecule has 1 amide bonds. The molecular formula is C28H22FN5O2. The Morgan fingerprint density at radius 3 is 2.67 bits per heavy atom. The van der Waals surface area contributed by atoms with Crippen molar-refractivity contribution in [3.63, 3.8) is 0 Å². The van der Waals surface area contributed by atoms with E-state index in [4.69, 9.17) is 4.74 Å². The van der Waals surface area contributed by atoms with Crippen molar-refractivity contribution < 1.29 is 13.9 Å². The fourth-order valence-electron chi connectivity index (χ4n) is 4.47. The van der Waals surface area contributed by atoms with E-state index in [-0.39, 0.29) is 5.91 Å². The predicted molar refractivity (Wildman–Crippen MR) is 137 cm³/mol. The molecule has 36 heavy (non-hydrogen) atoms. The smallest absolute Gasteiger partial charge is 0.254 e. The van der Waals surface area contributed by atoms with Gasteiger partial charge in [0.15, 0.2) is 0 Å². The van der Waals surface area contributed by atoms with Crippen molar-refractivity contribution in [2.24, 2.45) is 0 Å². The second-order valence-corrected chi connectivity index (χ2v) is 8.61. The Hall–Kier alpha value is -4.43. The number of hydrogen-bond donors (Lipinski definition) is 1. The normalized spacial score (nSPS) is 13.8. The molecule has 5 aromatic rings. The van der Waals surface area contributed by atoms with E-state index in [9.17, 15) is 4.79 Å². The Kier molecular flexibility index (Phi) is 5.71. The molecule has 0 radical (unpaired) electrons. The van der Waals surface area contributed by atoms with Crippen LogP contribution in [-0.2, 0) is 4.74 Å². The lowest BCUT2D eigenvalue weighted by atomic mass is 10.00. The lowest BCUT2D eigenvalue weighted by Gasteiger charge is -2.27. The molecule has 0 unspecified atom stereocenters. The first-order valence-electron chi connectivity index (χ1n) is 11.7. The van der Waals surface area contributed by atoms with Crippen molar-refractivity contribution in [3.05, 3.63) is 90.8 Å². The van der Waals surface area contributed by atoms with Crippen LogP contribution >= 0.6 is 0 Å². The van der Waals surface area contributed by atoms with E-state index in [1.165, 1.54) is 12.4 Å². The number of amides is 1. The van der Waals surface area contributed by atoms with Gasteiger partial charge in [0.2, 0.25) is 0 Å². The van der Waals surface area contributed by atoms with Gasteiger partial charge in [0, 0.05) is 58.8 Å². The summed E-state index contributed by atoms with van der Waals surface area (Å²) in [6, 6.07) is 18.0. The van der Waals surface area contributed by atoms with Crippen LogP contribution in [0.25, 0.3) is 32.9 Å². The molecule has 6 rings (SSSR count). The van der Waals surface area contributed by atoms with E-state index in [0.717, 1.165) is 33.2 Å². The summed E-state index contributed by atoms with van der Waals surface area (Å²) in [6.07, 6.45) is 5.03. The number of aromatic nitrogens is 3. The number of carbonyl (C=O) groups excluding carboxylic acids is 1. The van der Waals surface area contributed by atoms with E-state index in [2.05, 4.69) is 20.3 Å². The van der Waals surface area contributed by atoms with Gasteiger partial charge in [0.25, 0.3) is 5.91 Å². The molecule has 0 aliphatic carbocycles. The fraction of sp³-hybridized carbons (Fsp3) is 0.143. The van der Waals surface area contributed by atoms with Gasteiger partial charge in [-0.3, -0.25) is 9.78 Å². The molecule has 7 nitrogen and oxygen atoms in total. The number of halogens is 1. The van der Waals surface area contributed by atoms with Crippen molar-refractivity contribution in [2.45, 2.75) is 0 Å². The molecule has 1 aliphatic heterocycles. The summed E-state index contributed by atoms with van der Waals surface area (Å²) < 4.78 is 20.5. The number of pyridine rings is 1. The van der Waals surface area contributed by atoms with E-state index in [1.54, 1.807) is 29.4 Å². The first kappa shape index (κ1) is 22.1. The number of rotatable bonds is 4. The standard InChI is InChI=1S/C28H22FN5O2/c29-24-15-19(28(35)34-9-11-36-12-10-34)1-4-22(24)18-2-5-26-23(14-18)27(7-8-31-26)33-21-3-6-25-20(13-21)16-30-17-32-25/h1-8,13-17H,9-12H2,(H,31,33). The number of nitrogens with one attached hydrogen (secondary N) is 1. The minimum atomic E-state index is -0.443. The zero-order chi connectivity index (χ0) is 24.5. The first-order chi connectivity index (χ1) is 17.7. The molecule has 0 atom stereocenters. The summed E-state index contributed by atoms with van der Waals surface area (Å²) in [6.45, 7) is 2.03. The largest absolute Gasteiger partial charge is 0.378 e. The molecule has 178 valence electrons. The number of nitrogens with zero attached hydrogens (tertiary/aromatic N) is 4. The Morgan fingerprint density at radius 1 is 0.944 bits per heavy atom. The van der Waals surface area contributed by atoms with Crippen molar-refractivity contribution in [3.8, 4) is 11.1 Å². The third kappa shape index (κ3) is 4.23. The van der Waals surface area contributed by atoms with Gasteiger partial charge < -0.3 is 15.0 Å². The van der Waals surface area contributed by atoms with Crippen LogP contribution in [0.3, 0.4) is 0 Å². The number of benzene rings is 3. The lowest BCUT2D eigenvalue weighted by molar-refractivity contribution is 0.0302. The minimum Gasteiger partial charge on any atom is -0.378 e. The summed E-state index contributed by atoms with van der Waals surface area (Å²) in [5.74, 6) is -0.625. The third-order valence-corrected chi connectivity index (χ3v) is 6.35. The lowest BCUT2D eigenvalue weighted by Crippen LogP contribution is -2.40. The summed E-state index contributed by atoms with van der Waals surface area (Å²) in [4.78, 5) is 27.3. The number of ether oxygens (including phenoxy) is 1. The second-order valence-electron chi connectivity index (χ2n) is 8.61. The van der Waals surface area contributed by atoms with Gasteiger partial charge in [-0.25, -0.2) is 14.4 Å². The number of carbonyl (C=O) groups is 1. The number of hydrogen-bond acceptors (Lipinski definition) is 6. The van der Waals surface area contributed by atoms with E-state index < -0.39 is 5.82 Å². The number of anilines is 2. The molecule has 0 bridgehead atoms. The quantitative estimate of drug-likeness (QED) is 0.382. The summed E-state index contributed by atoms with van der Waals surface area (Å²) in [5, 5.41) is 5.22. The highest BCUT2D eigenvalue weighted by Crippen LogP contribution is 2.32. The van der Waals surface area contributed by atoms with Crippen LogP contribution < -0.4 is 5.32 Å². The monoisotopic (exact) mass is 479 g/mol. The maximum Gasteiger partial charge on any atom is 0.254 e. The average molecular weight is 480 g/mol. The molecule has 1 fully saturated rings. The van der Waals surface area contributed by atoms with Gasteiger partial charge in [0.05, 0.1) is 24.2 Å². The molecule has 1 saturated heterocycles. The fourth-order valence-corrected chi connectivity index (χ4v) is 4.47. The van der Waals surface area contributed by atoms with E-state index >= 15 is 4.39 Å².